The molecule has 22 heavy (non-hydrogen) atoms. The average molecular weight is 339 g/mol. The molecule has 0 unspecified atom stereocenters. The standard InChI is InChI=1S/C15H15ClN2O3S/c1-9-12(8-22-18-9)15(20)17-13(7-14(19)21-2)10-4-3-5-11(16)6-10/h3-6,8,13H,7H2,1-2H3,(H,17,20)/t13-/m0/s1. The van der Waals surface area contributed by atoms with Gasteiger partial charge in [-0.1, -0.05) is 23.7 Å². The molecule has 0 saturated carbocycles. The summed E-state index contributed by atoms with van der Waals surface area (Å²) >= 11 is 7.20. The average Bonchev–Trinajstić information content (AvgIpc) is 2.92. The third-order valence-corrected chi connectivity index (χ3v) is 4.10. The molecule has 0 bridgehead atoms. The summed E-state index contributed by atoms with van der Waals surface area (Å²) in [6, 6.07) is 6.51. The molecule has 116 valence electrons. The fraction of sp³-hybridized carbons (Fsp3) is 0.267. The number of esters is 1. The van der Waals surface area contributed by atoms with Gasteiger partial charge in [0, 0.05) is 10.4 Å². The molecule has 1 amide bonds. The minimum absolute atomic E-state index is 0.0270. The fourth-order valence-electron chi connectivity index (χ4n) is 1.97. The SMILES string of the molecule is COC(=O)C[C@H](NC(=O)c1csnc1C)c1cccc(Cl)c1. The zero-order valence-electron chi connectivity index (χ0n) is 12.1. The van der Waals surface area contributed by atoms with Gasteiger partial charge in [0.05, 0.1) is 30.8 Å². The van der Waals surface area contributed by atoms with Crippen molar-refractivity contribution in [3.63, 3.8) is 0 Å². The predicted octanol–water partition coefficient (Wildman–Crippen LogP) is 3.14. The van der Waals surface area contributed by atoms with Gasteiger partial charge in [-0.05, 0) is 36.2 Å². The Morgan fingerprint density at radius 3 is 2.82 bits per heavy atom. The molecule has 0 aliphatic carbocycles. The highest BCUT2D eigenvalue weighted by Gasteiger charge is 2.21. The van der Waals surface area contributed by atoms with Crippen molar-refractivity contribution >= 4 is 35.0 Å². The van der Waals surface area contributed by atoms with Crippen molar-refractivity contribution in [2.24, 2.45) is 0 Å². The number of halogens is 1. The first-order chi connectivity index (χ1) is 10.5. The summed E-state index contributed by atoms with van der Waals surface area (Å²) in [5.41, 5.74) is 1.90. The number of amides is 1. The number of nitrogens with zero attached hydrogens (tertiary/aromatic N) is 1. The summed E-state index contributed by atoms with van der Waals surface area (Å²) in [5, 5.41) is 5.05. The van der Waals surface area contributed by atoms with E-state index in [-0.39, 0.29) is 12.3 Å². The minimum Gasteiger partial charge on any atom is -0.469 e. The van der Waals surface area contributed by atoms with E-state index in [1.165, 1.54) is 18.6 Å². The Bertz CT molecular complexity index is 687. The van der Waals surface area contributed by atoms with E-state index in [0.717, 1.165) is 5.56 Å². The molecular weight excluding hydrogens is 324 g/mol. The third kappa shape index (κ3) is 4.05. The topological polar surface area (TPSA) is 68.3 Å². The number of nitrogens with one attached hydrogen (secondary N) is 1. The van der Waals surface area contributed by atoms with E-state index in [1.54, 1.807) is 36.6 Å². The van der Waals surface area contributed by atoms with Crippen molar-refractivity contribution in [2.45, 2.75) is 19.4 Å². The van der Waals surface area contributed by atoms with Crippen LogP contribution in [0.2, 0.25) is 5.02 Å². The van der Waals surface area contributed by atoms with Gasteiger partial charge in [0.25, 0.3) is 5.91 Å². The first kappa shape index (κ1) is 16.5. The van der Waals surface area contributed by atoms with E-state index in [0.29, 0.717) is 16.3 Å². The number of carbonyl (C=O) groups is 2. The number of aromatic nitrogens is 1. The number of ether oxygens (including phenoxy) is 1. The molecule has 5 nitrogen and oxygen atoms in total. The zero-order chi connectivity index (χ0) is 16.1. The van der Waals surface area contributed by atoms with Gasteiger partial charge in [0.2, 0.25) is 0 Å². The van der Waals surface area contributed by atoms with Gasteiger partial charge in [0.15, 0.2) is 0 Å². The molecule has 1 aromatic heterocycles. The number of rotatable bonds is 5. The Labute approximate surface area is 137 Å². The molecule has 0 radical (unpaired) electrons. The lowest BCUT2D eigenvalue weighted by molar-refractivity contribution is -0.141. The van der Waals surface area contributed by atoms with E-state index in [2.05, 4.69) is 9.69 Å². The van der Waals surface area contributed by atoms with Crippen LogP contribution in [0.3, 0.4) is 0 Å². The predicted molar refractivity (Wildman–Crippen MR) is 85.1 cm³/mol. The van der Waals surface area contributed by atoms with Gasteiger partial charge in [-0.2, -0.15) is 4.37 Å². The Morgan fingerprint density at radius 1 is 1.45 bits per heavy atom. The van der Waals surface area contributed by atoms with Gasteiger partial charge < -0.3 is 10.1 Å². The summed E-state index contributed by atoms with van der Waals surface area (Å²) in [7, 11) is 1.31. The van der Waals surface area contributed by atoms with Gasteiger partial charge in [-0.15, -0.1) is 0 Å². The van der Waals surface area contributed by atoms with E-state index < -0.39 is 12.0 Å². The lowest BCUT2D eigenvalue weighted by atomic mass is 10.0. The minimum atomic E-state index is -0.516. The lowest BCUT2D eigenvalue weighted by Gasteiger charge is -2.18. The molecule has 1 heterocycles. The van der Waals surface area contributed by atoms with Crippen LogP contribution >= 0.6 is 23.1 Å². The summed E-state index contributed by atoms with van der Waals surface area (Å²) in [5.74, 6) is -0.689. The maximum Gasteiger partial charge on any atom is 0.307 e. The number of benzene rings is 1. The van der Waals surface area contributed by atoms with Crippen molar-refractivity contribution < 1.29 is 14.3 Å². The number of carbonyl (C=O) groups excluding carboxylic acids is 2. The van der Waals surface area contributed by atoms with Crippen LogP contribution in [-0.4, -0.2) is 23.4 Å². The van der Waals surface area contributed by atoms with Crippen LogP contribution in [0.1, 0.15) is 34.1 Å². The quantitative estimate of drug-likeness (QED) is 0.850. The van der Waals surface area contributed by atoms with Gasteiger partial charge in [-0.25, -0.2) is 0 Å². The normalized spacial score (nSPS) is 11.8. The smallest absolute Gasteiger partial charge is 0.307 e. The Hall–Kier alpha value is -1.92. The number of methoxy groups -OCH3 is 1. The van der Waals surface area contributed by atoms with Crippen LogP contribution < -0.4 is 5.32 Å². The summed E-state index contributed by atoms with van der Waals surface area (Å²) < 4.78 is 8.77. The van der Waals surface area contributed by atoms with Crippen molar-refractivity contribution in [1.82, 2.24) is 9.69 Å². The molecular formula is C15H15ClN2O3S. The van der Waals surface area contributed by atoms with Crippen molar-refractivity contribution in [3.05, 3.63) is 51.5 Å². The first-order valence-corrected chi connectivity index (χ1v) is 7.77. The van der Waals surface area contributed by atoms with Crippen LogP contribution in [0.4, 0.5) is 0 Å². The molecule has 2 rings (SSSR count). The van der Waals surface area contributed by atoms with Crippen molar-refractivity contribution in [3.8, 4) is 0 Å². The van der Waals surface area contributed by atoms with Crippen LogP contribution in [0.5, 0.6) is 0 Å². The second-order valence-corrected chi connectivity index (χ2v) is 5.74. The highest BCUT2D eigenvalue weighted by Crippen LogP contribution is 2.22. The highest BCUT2D eigenvalue weighted by molar-refractivity contribution is 7.03. The maximum atomic E-state index is 12.3. The monoisotopic (exact) mass is 338 g/mol. The number of aryl methyl sites for hydroxylation is 1. The molecule has 0 saturated heterocycles. The van der Waals surface area contributed by atoms with E-state index in [4.69, 9.17) is 16.3 Å². The summed E-state index contributed by atoms with van der Waals surface area (Å²) in [6.45, 7) is 1.76. The maximum absolute atomic E-state index is 12.3. The molecule has 1 aromatic carbocycles. The van der Waals surface area contributed by atoms with Gasteiger partial charge in [0.1, 0.15) is 0 Å². The van der Waals surface area contributed by atoms with Crippen LogP contribution in [0.25, 0.3) is 0 Å². The van der Waals surface area contributed by atoms with Crippen LogP contribution in [0, 0.1) is 6.92 Å². The van der Waals surface area contributed by atoms with Gasteiger partial charge in [-0.3, -0.25) is 9.59 Å². The Balaban J connectivity index is 2.23. The number of hydrogen-bond acceptors (Lipinski definition) is 5. The fourth-order valence-corrected chi connectivity index (χ4v) is 2.86. The molecule has 2 aromatic rings. The molecule has 0 aliphatic rings. The van der Waals surface area contributed by atoms with Crippen LogP contribution in [0.15, 0.2) is 29.6 Å². The molecule has 0 spiro atoms. The first-order valence-electron chi connectivity index (χ1n) is 6.55. The second-order valence-electron chi connectivity index (χ2n) is 4.67. The molecule has 1 N–H and O–H groups in total. The lowest BCUT2D eigenvalue weighted by Crippen LogP contribution is -2.30. The van der Waals surface area contributed by atoms with E-state index in [9.17, 15) is 9.59 Å². The van der Waals surface area contributed by atoms with E-state index in [1.807, 2.05) is 0 Å². The summed E-state index contributed by atoms with van der Waals surface area (Å²) in [4.78, 5) is 23.9. The highest BCUT2D eigenvalue weighted by atomic mass is 35.5. The third-order valence-electron chi connectivity index (χ3n) is 3.15. The molecule has 0 aliphatic heterocycles. The van der Waals surface area contributed by atoms with Crippen molar-refractivity contribution in [1.29, 1.82) is 0 Å². The molecule has 0 fully saturated rings. The molecule has 7 heteroatoms. The number of hydrogen-bond donors (Lipinski definition) is 1. The zero-order valence-corrected chi connectivity index (χ0v) is 13.7. The van der Waals surface area contributed by atoms with E-state index >= 15 is 0 Å². The summed E-state index contributed by atoms with van der Waals surface area (Å²) in [6.07, 6.45) is 0.0270. The molecule has 1 atom stereocenters. The Kier molecular flexibility index (Phi) is 5.51. The van der Waals surface area contributed by atoms with Gasteiger partial charge >= 0.3 is 5.97 Å². The second kappa shape index (κ2) is 7.38. The van der Waals surface area contributed by atoms with Crippen molar-refractivity contribution in [2.75, 3.05) is 7.11 Å². The Morgan fingerprint density at radius 2 is 2.23 bits per heavy atom. The largest absolute Gasteiger partial charge is 0.469 e. The van der Waals surface area contributed by atoms with Crippen LogP contribution in [-0.2, 0) is 9.53 Å².